The number of benzene rings is 3. The van der Waals surface area contributed by atoms with Gasteiger partial charge < -0.3 is 8.83 Å². The lowest BCUT2D eigenvalue weighted by atomic mass is 10.1. The lowest BCUT2D eigenvalue weighted by molar-refractivity contribution is 0.656. The van der Waals surface area contributed by atoms with Gasteiger partial charge in [0.05, 0.1) is 0 Å². The van der Waals surface area contributed by atoms with Gasteiger partial charge in [0.25, 0.3) is 0 Å². The van der Waals surface area contributed by atoms with Gasteiger partial charge in [-0.05, 0) is 36.2 Å². The van der Waals surface area contributed by atoms with Crippen LogP contribution in [0.2, 0.25) is 0 Å². The third kappa shape index (κ3) is 1.49. The molecule has 5 rings (SSSR count). The molecule has 22 heavy (non-hydrogen) atoms. The number of rotatable bonds is 1. The smallest absolute Gasteiger partial charge is 0.139 e. The van der Waals surface area contributed by atoms with E-state index >= 15 is 0 Å². The number of hydrogen-bond acceptors (Lipinski definition) is 2. The maximum Gasteiger partial charge on any atom is 0.139 e. The first-order valence-corrected chi connectivity index (χ1v) is 7.60. The van der Waals surface area contributed by atoms with E-state index in [0.717, 1.165) is 44.9 Å². The molecule has 0 atom stereocenters. The van der Waals surface area contributed by atoms with Crippen molar-refractivity contribution in [3.8, 4) is 0 Å². The van der Waals surface area contributed by atoms with Crippen LogP contribution in [0.1, 0.15) is 12.5 Å². The Morgan fingerprint density at radius 1 is 0.636 bits per heavy atom. The summed E-state index contributed by atoms with van der Waals surface area (Å²) in [6.07, 6.45) is 1.03. The Labute approximate surface area is 126 Å². The van der Waals surface area contributed by atoms with Crippen LogP contribution >= 0.6 is 0 Å². The van der Waals surface area contributed by atoms with Crippen LogP contribution in [0.4, 0.5) is 0 Å². The maximum atomic E-state index is 6.00. The summed E-state index contributed by atoms with van der Waals surface area (Å²) >= 11 is 0. The summed E-state index contributed by atoms with van der Waals surface area (Å²) in [4.78, 5) is 0. The summed E-state index contributed by atoms with van der Waals surface area (Å²) in [5.74, 6) is 0. The molecule has 0 unspecified atom stereocenters. The van der Waals surface area contributed by atoms with Gasteiger partial charge in [0, 0.05) is 27.6 Å². The van der Waals surface area contributed by atoms with Crippen LogP contribution < -0.4 is 0 Å². The second-order valence-electron chi connectivity index (χ2n) is 5.73. The standard InChI is InChI=1S/C20H14O2/c1-2-12-7-8-18-14(9-12)16-10-15-13-5-3-4-6-17(13)21-19(15)11-20(16)22-18/h3-11H,2H2,1H3. The normalized spacial score (nSPS) is 12.0. The average Bonchev–Trinajstić information content (AvgIpc) is 3.09. The molecule has 106 valence electrons. The van der Waals surface area contributed by atoms with E-state index in [0.29, 0.717) is 0 Å². The van der Waals surface area contributed by atoms with Gasteiger partial charge in [-0.1, -0.05) is 31.2 Å². The van der Waals surface area contributed by atoms with E-state index in [4.69, 9.17) is 8.83 Å². The van der Waals surface area contributed by atoms with Crippen LogP contribution in [0, 0.1) is 0 Å². The van der Waals surface area contributed by atoms with Crippen LogP contribution in [-0.2, 0) is 6.42 Å². The van der Waals surface area contributed by atoms with Crippen LogP contribution in [0.3, 0.4) is 0 Å². The fourth-order valence-electron chi connectivity index (χ4n) is 3.26. The quantitative estimate of drug-likeness (QED) is 0.375. The van der Waals surface area contributed by atoms with E-state index in [1.807, 2.05) is 24.3 Å². The van der Waals surface area contributed by atoms with Crippen molar-refractivity contribution in [3.05, 3.63) is 60.2 Å². The van der Waals surface area contributed by atoms with Crippen molar-refractivity contribution in [1.82, 2.24) is 0 Å². The molecule has 0 aliphatic rings. The Bertz CT molecular complexity index is 1160. The summed E-state index contributed by atoms with van der Waals surface area (Å²) < 4.78 is 11.9. The molecule has 0 fully saturated rings. The van der Waals surface area contributed by atoms with Crippen molar-refractivity contribution in [1.29, 1.82) is 0 Å². The van der Waals surface area contributed by atoms with Crippen molar-refractivity contribution in [2.45, 2.75) is 13.3 Å². The SMILES string of the molecule is CCc1ccc2oc3cc4oc5ccccc5c4cc3c2c1. The molecule has 2 nitrogen and oxygen atoms in total. The second-order valence-corrected chi connectivity index (χ2v) is 5.73. The minimum Gasteiger partial charge on any atom is -0.456 e. The highest BCUT2D eigenvalue weighted by atomic mass is 16.3. The molecule has 0 N–H and O–H groups in total. The van der Waals surface area contributed by atoms with E-state index in [1.54, 1.807) is 0 Å². The number of hydrogen-bond donors (Lipinski definition) is 0. The molecule has 3 aromatic carbocycles. The maximum absolute atomic E-state index is 6.00. The van der Waals surface area contributed by atoms with Crippen LogP contribution in [0.25, 0.3) is 43.9 Å². The molecule has 2 aromatic heterocycles. The monoisotopic (exact) mass is 286 g/mol. The van der Waals surface area contributed by atoms with Gasteiger partial charge in [-0.25, -0.2) is 0 Å². The van der Waals surface area contributed by atoms with Crippen LogP contribution in [0.15, 0.2) is 63.4 Å². The second kappa shape index (κ2) is 4.14. The Morgan fingerprint density at radius 2 is 1.32 bits per heavy atom. The fourth-order valence-corrected chi connectivity index (χ4v) is 3.26. The Hall–Kier alpha value is -2.74. The zero-order chi connectivity index (χ0) is 14.7. The summed E-state index contributed by atoms with van der Waals surface area (Å²) in [6.45, 7) is 2.17. The number of fused-ring (bicyclic) bond motifs is 6. The van der Waals surface area contributed by atoms with Crippen molar-refractivity contribution >= 4 is 43.9 Å². The van der Waals surface area contributed by atoms with Crippen molar-refractivity contribution < 1.29 is 8.83 Å². The number of para-hydroxylation sites is 1. The first kappa shape index (κ1) is 11.9. The van der Waals surface area contributed by atoms with E-state index in [2.05, 4.69) is 37.3 Å². The highest BCUT2D eigenvalue weighted by Gasteiger charge is 2.13. The van der Waals surface area contributed by atoms with Gasteiger partial charge in [-0.15, -0.1) is 0 Å². The summed E-state index contributed by atoms with van der Waals surface area (Å²) in [5, 5.41) is 4.64. The van der Waals surface area contributed by atoms with Gasteiger partial charge in [0.2, 0.25) is 0 Å². The zero-order valence-corrected chi connectivity index (χ0v) is 12.2. The van der Waals surface area contributed by atoms with Gasteiger partial charge in [0.1, 0.15) is 22.3 Å². The third-order valence-electron chi connectivity index (χ3n) is 4.44. The van der Waals surface area contributed by atoms with Crippen LogP contribution in [0.5, 0.6) is 0 Å². The molecular weight excluding hydrogens is 272 g/mol. The molecule has 0 amide bonds. The lowest BCUT2D eigenvalue weighted by Crippen LogP contribution is -1.77. The minimum absolute atomic E-state index is 0.878. The average molecular weight is 286 g/mol. The third-order valence-corrected chi connectivity index (χ3v) is 4.44. The molecular formula is C20H14O2. The zero-order valence-electron chi connectivity index (χ0n) is 12.2. The summed E-state index contributed by atoms with van der Waals surface area (Å²) in [6, 6.07) is 18.8. The van der Waals surface area contributed by atoms with Crippen molar-refractivity contribution in [2.75, 3.05) is 0 Å². The Morgan fingerprint density at radius 3 is 2.14 bits per heavy atom. The van der Waals surface area contributed by atoms with E-state index in [-0.39, 0.29) is 0 Å². The largest absolute Gasteiger partial charge is 0.456 e. The fraction of sp³-hybridized carbons (Fsp3) is 0.100. The molecule has 2 heteroatoms. The first-order chi connectivity index (χ1) is 10.8. The molecule has 2 heterocycles. The first-order valence-electron chi connectivity index (χ1n) is 7.60. The molecule has 0 aliphatic heterocycles. The molecule has 0 saturated carbocycles. The van der Waals surface area contributed by atoms with Gasteiger partial charge in [-0.2, -0.15) is 0 Å². The topological polar surface area (TPSA) is 26.3 Å². The molecule has 5 aromatic rings. The molecule has 0 bridgehead atoms. The molecule has 0 spiro atoms. The van der Waals surface area contributed by atoms with Crippen LogP contribution in [-0.4, -0.2) is 0 Å². The summed E-state index contributed by atoms with van der Waals surface area (Å²) in [5.41, 5.74) is 4.94. The molecule has 0 aliphatic carbocycles. The highest BCUT2D eigenvalue weighted by molar-refractivity contribution is 6.15. The predicted octanol–water partition coefficient (Wildman–Crippen LogP) is 6.05. The number of furan rings is 2. The number of aryl methyl sites for hydroxylation is 1. The Kier molecular flexibility index (Phi) is 2.23. The molecule has 0 radical (unpaired) electrons. The van der Waals surface area contributed by atoms with E-state index in [9.17, 15) is 0 Å². The highest BCUT2D eigenvalue weighted by Crippen LogP contribution is 2.36. The Balaban J connectivity index is 1.97. The molecule has 0 saturated heterocycles. The van der Waals surface area contributed by atoms with Gasteiger partial charge in [-0.3, -0.25) is 0 Å². The van der Waals surface area contributed by atoms with E-state index in [1.165, 1.54) is 10.9 Å². The van der Waals surface area contributed by atoms with Crippen molar-refractivity contribution in [3.63, 3.8) is 0 Å². The minimum atomic E-state index is 0.878. The van der Waals surface area contributed by atoms with Crippen molar-refractivity contribution in [2.24, 2.45) is 0 Å². The predicted molar refractivity (Wildman–Crippen MR) is 90.4 cm³/mol. The lowest BCUT2D eigenvalue weighted by Gasteiger charge is -1.95. The van der Waals surface area contributed by atoms with Gasteiger partial charge >= 0.3 is 0 Å². The summed E-state index contributed by atoms with van der Waals surface area (Å²) in [7, 11) is 0. The van der Waals surface area contributed by atoms with E-state index < -0.39 is 0 Å². The van der Waals surface area contributed by atoms with Gasteiger partial charge in [0.15, 0.2) is 0 Å².